The summed E-state index contributed by atoms with van der Waals surface area (Å²) in [6.45, 7) is 4.54. The van der Waals surface area contributed by atoms with Crippen molar-refractivity contribution >= 4 is 16.5 Å². The van der Waals surface area contributed by atoms with Crippen LogP contribution in [0.15, 0.2) is 48.5 Å². The van der Waals surface area contributed by atoms with E-state index in [1.54, 1.807) is 0 Å². The molecule has 0 aliphatic carbocycles. The molecule has 2 aromatic rings. The van der Waals surface area contributed by atoms with Crippen molar-refractivity contribution in [1.82, 2.24) is 0 Å². The maximum atomic E-state index is 8.48. The molecule has 0 saturated carbocycles. The minimum atomic E-state index is -3.37. The second kappa shape index (κ2) is 40.2. The van der Waals surface area contributed by atoms with E-state index in [1.165, 1.54) is 114 Å². The van der Waals surface area contributed by atoms with Gasteiger partial charge in [-0.2, -0.15) is 71.8 Å². The summed E-state index contributed by atoms with van der Waals surface area (Å²) in [5.74, 6) is 0. The molecular formula is C30H46Nd2O6P2+2. The van der Waals surface area contributed by atoms with E-state index in [4.69, 9.17) is 28.7 Å². The molecule has 0 aromatic heterocycles. The molecule has 0 atom stereocenters. The maximum absolute atomic E-state index is 8.48. The molecule has 2 radical (unpaired) electrons. The molecule has 0 N–H and O–H groups in total. The van der Waals surface area contributed by atoms with Gasteiger partial charge in [-0.1, -0.05) is 126 Å². The number of benzene rings is 2. The first-order valence-corrected chi connectivity index (χ1v) is 16.1. The Labute approximate surface area is 311 Å². The predicted molar refractivity (Wildman–Crippen MR) is 149 cm³/mol. The second-order valence-corrected chi connectivity index (χ2v) is 9.90. The van der Waals surface area contributed by atoms with Crippen LogP contribution in [0.1, 0.15) is 115 Å². The standard InChI is InChI=1S/2C15H23.2Nd.2HO3P/c2*1-2-3-4-5-6-7-9-12-15-13-10-8-11-14-15;;;2*1-4(2)3/h2*10-11,13-14H,2-7,9,12H2,1H3;;;2*(H,1,2,3)/q2*-1;2*+3;;/p-2. The van der Waals surface area contributed by atoms with Gasteiger partial charge in [0.25, 0.3) is 16.5 Å². The van der Waals surface area contributed by atoms with E-state index in [-0.39, 0.29) is 81.7 Å². The Hall–Kier alpha value is 1.18. The molecule has 0 aliphatic heterocycles. The van der Waals surface area contributed by atoms with Crippen LogP contribution in [0.25, 0.3) is 0 Å². The molecule has 0 saturated heterocycles. The summed E-state index contributed by atoms with van der Waals surface area (Å²) < 4.78 is 17.0. The van der Waals surface area contributed by atoms with E-state index in [2.05, 4.69) is 50.2 Å². The minimum absolute atomic E-state index is 0. The zero-order valence-corrected chi connectivity index (χ0v) is 32.5. The molecule has 0 heterocycles. The topological polar surface area (TPSA) is 126 Å². The van der Waals surface area contributed by atoms with Crippen LogP contribution in [0.4, 0.5) is 0 Å². The molecular weight excluding hydrogens is 807 g/mol. The molecule has 10 heteroatoms. The summed E-state index contributed by atoms with van der Waals surface area (Å²) in [4.78, 5) is 33.9. The normalized spacial score (nSPS) is 9.15. The number of aryl methyl sites for hydroxylation is 2. The first kappa shape index (κ1) is 48.1. The van der Waals surface area contributed by atoms with E-state index < -0.39 is 16.5 Å². The maximum Gasteiger partial charge on any atom is 3.00 e. The molecule has 218 valence electrons. The van der Waals surface area contributed by atoms with E-state index in [1.807, 2.05) is 24.3 Å². The summed E-state index contributed by atoms with van der Waals surface area (Å²) in [6, 6.07) is 22.9. The first-order valence-electron chi connectivity index (χ1n) is 13.9. The van der Waals surface area contributed by atoms with Crippen molar-refractivity contribution in [1.29, 1.82) is 0 Å². The molecule has 6 nitrogen and oxygen atoms in total. The van der Waals surface area contributed by atoms with Gasteiger partial charge < -0.3 is 19.6 Å². The Morgan fingerprint density at radius 1 is 0.500 bits per heavy atom. The molecule has 0 unspecified atom stereocenters. The number of hydrogen-bond acceptors (Lipinski definition) is 6. The molecule has 0 amide bonds. The van der Waals surface area contributed by atoms with Crippen molar-refractivity contribution in [3.63, 3.8) is 0 Å². The third-order valence-electron chi connectivity index (χ3n) is 5.71. The van der Waals surface area contributed by atoms with E-state index >= 15 is 0 Å². The third-order valence-corrected chi connectivity index (χ3v) is 5.71. The molecule has 0 bridgehead atoms. The van der Waals surface area contributed by atoms with Crippen molar-refractivity contribution in [3.05, 3.63) is 71.8 Å². The van der Waals surface area contributed by atoms with Gasteiger partial charge in [-0.3, -0.25) is 0 Å². The van der Waals surface area contributed by atoms with Gasteiger partial charge in [-0.15, -0.1) is 0 Å². The Bertz CT molecular complexity index is 698. The van der Waals surface area contributed by atoms with Crippen LogP contribution in [0.3, 0.4) is 0 Å². The summed E-state index contributed by atoms with van der Waals surface area (Å²) in [5.41, 5.74) is 2.92. The quantitative estimate of drug-likeness (QED) is 0.111. The van der Waals surface area contributed by atoms with Crippen molar-refractivity contribution in [3.8, 4) is 0 Å². The van der Waals surface area contributed by atoms with E-state index in [0.717, 1.165) is 0 Å². The van der Waals surface area contributed by atoms with Crippen molar-refractivity contribution in [2.75, 3.05) is 0 Å². The van der Waals surface area contributed by atoms with Crippen molar-refractivity contribution < 1.29 is 110 Å². The van der Waals surface area contributed by atoms with Gasteiger partial charge in [0.15, 0.2) is 0 Å². The average Bonchev–Trinajstić information content (AvgIpc) is 2.89. The van der Waals surface area contributed by atoms with Crippen LogP contribution in [0, 0.1) is 93.8 Å². The summed E-state index contributed by atoms with van der Waals surface area (Å²) in [5, 5.41) is 0. The molecule has 2 rings (SSSR count). The summed E-state index contributed by atoms with van der Waals surface area (Å²) in [7, 11) is -6.74. The monoisotopic (exact) mass is 848 g/mol. The van der Waals surface area contributed by atoms with Crippen LogP contribution >= 0.6 is 16.5 Å². The molecule has 2 aromatic carbocycles. The molecule has 0 fully saturated rings. The predicted octanol–water partition coefficient (Wildman–Crippen LogP) is 6.29. The van der Waals surface area contributed by atoms with E-state index in [0.29, 0.717) is 0 Å². The molecule has 40 heavy (non-hydrogen) atoms. The van der Waals surface area contributed by atoms with Gasteiger partial charge in [-0.25, -0.2) is 0 Å². The zero-order valence-electron chi connectivity index (χ0n) is 24.3. The Morgan fingerprint density at radius 2 is 0.725 bits per heavy atom. The minimum Gasteiger partial charge on any atom is -0.598 e. The smallest absolute Gasteiger partial charge is 0.598 e. The largest absolute Gasteiger partial charge is 3.00 e. The summed E-state index contributed by atoms with van der Waals surface area (Å²) >= 11 is 0. The molecule has 0 aliphatic rings. The van der Waals surface area contributed by atoms with Crippen LogP contribution in [0.2, 0.25) is 0 Å². The van der Waals surface area contributed by atoms with Crippen molar-refractivity contribution in [2.24, 2.45) is 0 Å². The first-order chi connectivity index (χ1) is 18.3. The van der Waals surface area contributed by atoms with E-state index in [9.17, 15) is 0 Å². The van der Waals surface area contributed by atoms with Gasteiger partial charge >= 0.3 is 81.7 Å². The van der Waals surface area contributed by atoms with Crippen LogP contribution in [-0.4, -0.2) is 0 Å². The van der Waals surface area contributed by atoms with Gasteiger partial charge in [-0.05, 0) is 0 Å². The van der Waals surface area contributed by atoms with Gasteiger partial charge in [0.05, 0.1) is 0 Å². The zero-order chi connectivity index (χ0) is 28.7. The van der Waals surface area contributed by atoms with Gasteiger partial charge in [0, 0.05) is 0 Å². The summed E-state index contributed by atoms with van der Waals surface area (Å²) in [6.07, 6.45) is 22.0. The second-order valence-electron chi connectivity index (χ2n) is 9.01. The SMILES string of the molecule is CCCCCCCCCc1cc[c-]cc1.CCCCCCCCCc1cc[c-]cc1.O=[P+]([O-])[O-].O=[P+]([O-])[O-].[Nd+3].[Nd+3]. The number of hydrogen-bond donors (Lipinski definition) is 0. The van der Waals surface area contributed by atoms with Crippen LogP contribution in [-0.2, 0) is 22.0 Å². The Morgan fingerprint density at radius 3 is 0.975 bits per heavy atom. The molecule has 0 spiro atoms. The average molecular weight is 853 g/mol. The number of unbranched alkanes of at least 4 members (excludes halogenated alkanes) is 12. The van der Waals surface area contributed by atoms with Crippen molar-refractivity contribution in [2.45, 2.75) is 117 Å². The van der Waals surface area contributed by atoms with Crippen LogP contribution in [0.5, 0.6) is 0 Å². The Kier molecular flexibility index (Phi) is 48.3. The van der Waals surface area contributed by atoms with Gasteiger partial charge in [0.2, 0.25) is 0 Å². The fourth-order valence-electron chi connectivity index (χ4n) is 3.75. The van der Waals surface area contributed by atoms with Gasteiger partial charge in [0.1, 0.15) is 0 Å². The fourth-order valence-corrected chi connectivity index (χ4v) is 3.75. The fraction of sp³-hybridized carbons (Fsp3) is 0.600. The third kappa shape index (κ3) is 46.1. The number of rotatable bonds is 16. The van der Waals surface area contributed by atoms with Crippen LogP contribution < -0.4 is 19.6 Å². The Balaban J connectivity index is -0.000000246.